The highest BCUT2D eigenvalue weighted by atomic mass is 32.2. The van der Waals surface area contributed by atoms with Gasteiger partial charge in [0.05, 0.1) is 12.0 Å². The maximum absolute atomic E-state index is 11.4. The first-order chi connectivity index (χ1) is 6.60. The van der Waals surface area contributed by atoms with Crippen molar-refractivity contribution in [2.75, 3.05) is 7.11 Å². The van der Waals surface area contributed by atoms with Gasteiger partial charge in [0.1, 0.15) is 0 Å². The van der Waals surface area contributed by atoms with Crippen molar-refractivity contribution in [3.8, 4) is 0 Å². The molecule has 1 N–H and O–H groups in total. The largest absolute Gasteiger partial charge is 0.290 e. The van der Waals surface area contributed by atoms with Crippen LogP contribution in [0.1, 0.15) is 12.5 Å². The molecular formula is C9H13NO3S. The minimum absolute atomic E-state index is 0.205. The van der Waals surface area contributed by atoms with Gasteiger partial charge in [0.25, 0.3) is 10.0 Å². The first-order valence-corrected chi connectivity index (χ1v) is 5.72. The summed E-state index contributed by atoms with van der Waals surface area (Å²) in [5, 5.41) is 0. The van der Waals surface area contributed by atoms with Gasteiger partial charge in [-0.3, -0.25) is 4.84 Å². The quantitative estimate of drug-likeness (QED) is 0.765. The summed E-state index contributed by atoms with van der Waals surface area (Å²) >= 11 is 0. The minimum atomic E-state index is -3.51. The first-order valence-electron chi connectivity index (χ1n) is 4.24. The van der Waals surface area contributed by atoms with Crippen LogP contribution in [-0.4, -0.2) is 15.5 Å². The number of nitrogens with one attached hydrogen (secondary N) is 1. The van der Waals surface area contributed by atoms with Gasteiger partial charge in [-0.05, 0) is 24.1 Å². The fourth-order valence-electron chi connectivity index (χ4n) is 1.06. The summed E-state index contributed by atoms with van der Waals surface area (Å²) in [6.45, 7) is 2.01. The Kier molecular flexibility index (Phi) is 3.62. The monoisotopic (exact) mass is 215 g/mol. The Bertz CT molecular complexity index is 383. The molecule has 0 aliphatic heterocycles. The summed E-state index contributed by atoms with van der Waals surface area (Å²) in [6, 6.07) is 6.68. The Hall–Kier alpha value is -0.910. The Balaban J connectivity index is 2.97. The van der Waals surface area contributed by atoms with Crippen LogP contribution in [0, 0.1) is 0 Å². The van der Waals surface area contributed by atoms with Gasteiger partial charge in [-0.25, -0.2) is 8.42 Å². The lowest BCUT2D eigenvalue weighted by molar-refractivity contribution is 0.153. The number of sulfonamides is 1. The van der Waals surface area contributed by atoms with E-state index in [1.165, 1.54) is 7.11 Å². The van der Waals surface area contributed by atoms with Crippen molar-refractivity contribution in [1.29, 1.82) is 0 Å². The van der Waals surface area contributed by atoms with Crippen LogP contribution in [0.3, 0.4) is 0 Å². The average molecular weight is 215 g/mol. The zero-order valence-corrected chi connectivity index (χ0v) is 8.97. The van der Waals surface area contributed by atoms with E-state index in [0.29, 0.717) is 0 Å². The smallest absolute Gasteiger partial charge is 0.262 e. The summed E-state index contributed by atoms with van der Waals surface area (Å²) in [7, 11) is -2.25. The Labute approximate surface area is 83.9 Å². The van der Waals surface area contributed by atoms with Gasteiger partial charge in [-0.1, -0.05) is 23.9 Å². The van der Waals surface area contributed by atoms with Gasteiger partial charge in [0.2, 0.25) is 0 Å². The van der Waals surface area contributed by atoms with Gasteiger partial charge in [0.15, 0.2) is 0 Å². The third-order valence-corrected chi connectivity index (χ3v) is 3.11. The van der Waals surface area contributed by atoms with E-state index in [4.69, 9.17) is 0 Å². The SMILES string of the molecule is CCc1ccc(S(=O)(=O)NOC)cc1. The van der Waals surface area contributed by atoms with E-state index in [9.17, 15) is 8.42 Å². The number of rotatable bonds is 4. The van der Waals surface area contributed by atoms with Gasteiger partial charge in [-0.2, -0.15) is 0 Å². The zero-order valence-electron chi connectivity index (χ0n) is 8.15. The third kappa shape index (κ3) is 2.54. The van der Waals surface area contributed by atoms with Crippen LogP contribution >= 0.6 is 0 Å². The average Bonchev–Trinajstić information content (AvgIpc) is 2.18. The van der Waals surface area contributed by atoms with Gasteiger partial charge in [0, 0.05) is 0 Å². The normalized spacial score (nSPS) is 11.6. The summed E-state index contributed by atoms with van der Waals surface area (Å²) < 4.78 is 22.8. The molecule has 4 nitrogen and oxygen atoms in total. The topological polar surface area (TPSA) is 55.4 Å². The molecule has 0 aliphatic carbocycles. The molecule has 78 valence electrons. The molecule has 0 unspecified atom stereocenters. The van der Waals surface area contributed by atoms with Crippen molar-refractivity contribution in [3.63, 3.8) is 0 Å². The van der Waals surface area contributed by atoms with Crippen LogP contribution in [0.4, 0.5) is 0 Å². The van der Waals surface area contributed by atoms with Crippen molar-refractivity contribution in [2.24, 2.45) is 0 Å². The van der Waals surface area contributed by atoms with E-state index in [-0.39, 0.29) is 4.90 Å². The molecule has 0 amide bonds. The van der Waals surface area contributed by atoms with Crippen LogP contribution in [0.5, 0.6) is 0 Å². The van der Waals surface area contributed by atoms with Gasteiger partial charge < -0.3 is 0 Å². The van der Waals surface area contributed by atoms with Gasteiger partial charge in [-0.15, -0.1) is 0 Å². The molecule has 0 heterocycles. The molecule has 0 spiro atoms. The molecule has 5 heteroatoms. The second kappa shape index (κ2) is 4.54. The van der Waals surface area contributed by atoms with E-state index in [2.05, 4.69) is 4.84 Å². The van der Waals surface area contributed by atoms with Crippen LogP contribution in [0.25, 0.3) is 0 Å². The predicted molar refractivity (Wildman–Crippen MR) is 53.2 cm³/mol. The number of hydrogen-bond donors (Lipinski definition) is 1. The molecule has 1 aromatic carbocycles. The third-order valence-electron chi connectivity index (χ3n) is 1.83. The van der Waals surface area contributed by atoms with Crippen molar-refractivity contribution in [1.82, 2.24) is 4.89 Å². The van der Waals surface area contributed by atoms with Crippen molar-refractivity contribution in [3.05, 3.63) is 29.8 Å². The van der Waals surface area contributed by atoms with E-state index in [1.54, 1.807) is 24.3 Å². The molecule has 1 aromatic rings. The molecule has 0 radical (unpaired) electrons. The summed E-state index contributed by atoms with van der Waals surface area (Å²) in [5.41, 5.74) is 1.10. The molecule has 0 fully saturated rings. The maximum Gasteiger partial charge on any atom is 0.262 e. The van der Waals surface area contributed by atoms with Crippen LogP contribution < -0.4 is 4.89 Å². The van der Waals surface area contributed by atoms with Gasteiger partial charge >= 0.3 is 0 Å². The van der Waals surface area contributed by atoms with E-state index in [1.807, 2.05) is 11.8 Å². The Morgan fingerprint density at radius 1 is 1.29 bits per heavy atom. The van der Waals surface area contributed by atoms with Crippen LogP contribution in [0.15, 0.2) is 29.2 Å². The molecule has 1 rings (SSSR count). The number of hydrogen-bond acceptors (Lipinski definition) is 3. The highest BCUT2D eigenvalue weighted by molar-refractivity contribution is 7.89. The maximum atomic E-state index is 11.4. The van der Waals surface area contributed by atoms with Crippen LogP contribution in [-0.2, 0) is 21.3 Å². The molecule has 0 saturated heterocycles. The highest BCUT2D eigenvalue weighted by Gasteiger charge is 2.12. The highest BCUT2D eigenvalue weighted by Crippen LogP contribution is 2.10. The first kappa shape index (κ1) is 11.2. The lowest BCUT2D eigenvalue weighted by Gasteiger charge is -2.04. The predicted octanol–water partition coefficient (Wildman–Crippen LogP) is 1.09. The summed E-state index contributed by atoms with van der Waals surface area (Å²) in [6.07, 6.45) is 0.887. The van der Waals surface area contributed by atoms with Crippen molar-refractivity contribution >= 4 is 10.0 Å². The molecule has 0 bridgehead atoms. The minimum Gasteiger partial charge on any atom is -0.290 e. The molecule has 14 heavy (non-hydrogen) atoms. The molecule has 0 aromatic heterocycles. The van der Waals surface area contributed by atoms with Crippen LogP contribution in [0.2, 0.25) is 0 Å². The molecule has 0 saturated carbocycles. The standard InChI is InChI=1S/C9H13NO3S/c1-3-8-4-6-9(7-5-8)14(11,12)10-13-2/h4-7,10H,3H2,1-2H3. The molecule has 0 atom stereocenters. The van der Waals surface area contributed by atoms with E-state index in [0.717, 1.165) is 12.0 Å². The van der Waals surface area contributed by atoms with E-state index >= 15 is 0 Å². The van der Waals surface area contributed by atoms with Crippen molar-refractivity contribution < 1.29 is 13.3 Å². The number of benzene rings is 1. The van der Waals surface area contributed by atoms with E-state index < -0.39 is 10.0 Å². The molecule has 0 aliphatic rings. The zero-order chi connectivity index (χ0) is 10.6. The van der Waals surface area contributed by atoms with Crippen molar-refractivity contribution in [2.45, 2.75) is 18.2 Å². The summed E-state index contributed by atoms with van der Waals surface area (Å²) in [5.74, 6) is 0. The Morgan fingerprint density at radius 3 is 2.29 bits per heavy atom. The lowest BCUT2D eigenvalue weighted by atomic mass is 10.2. The number of aryl methyl sites for hydroxylation is 1. The second-order valence-corrected chi connectivity index (χ2v) is 4.43. The fourth-order valence-corrected chi connectivity index (χ4v) is 1.87. The fraction of sp³-hybridized carbons (Fsp3) is 0.333. The lowest BCUT2D eigenvalue weighted by Crippen LogP contribution is -2.22. The summed E-state index contributed by atoms with van der Waals surface area (Å²) in [4.78, 5) is 6.53. The second-order valence-electron chi connectivity index (χ2n) is 2.79. The molecular weight excluding hydrogens is 202 g/mol. The Morgan fingerprint density at radius 2 is 1.86 bits per heavy atom.